The molecule has 35 heavy (non-hydrogen) atoms. The van der Waals surface area contributed by atoms with Crippen LogP contribution in [0.15, 0.2) is 42.5 Å². The second kappa shape index (κ2) is 12.6. The first-order valence-electron chi connectivity index (χ1n) is 11.1. The molecule has 2 aromatic rings. The minimum atomic E-state index is -0.514. The van der Waals surface area contributed by atoms with E-state index in [-0.39, 0.29) is 24.6 Å². The third-order valence-corrected chi connectivity index (χ3v) is 5.32. The molecule has 0 radical (unpaired) electrons. The van der Waals surface area contributed by atoms with Crippen molar-refractivity contribution < 1.29 is 28.6 Å². The van der Waals surface area contributed by atoms with Gasteiger partial charge in [0.15, 0.2) is 11.5 Å². The first-order valence-corrected chi connectivity index (χ1v) is 11.1. The predicted molar refractivity (Wildman–Crippen MR) is 131 cm³/mol. The summed E-state index contributed by atoms with van der Waals surface area (Å²) >= 11 is 0. The number of rotatable bonds is 9. The van der Waals surface area contributed by atoms with Crippen molar-refractivity contribution in [2.45, 2.75) is 0 Å². The van der Waals surface area contributed by atoms with Crippen LogP contribution in [0.5, 0.6) is 11.5 Å². The van der Waals surface area contributed by atoms with Crippen molar-refractivity contribution in [2.24, 2.45) is 0 Å². The van der Waals surface area contributed by atoms with Crippen molar-refractivity contribution in [3.8, 4) is 11.5 Å². The van der Waals surface area contributed by atoms with Crippen LogP contribution >= 0.6 is 0 Å². The molecule has 1 saturated heterocycles. The number of benzene rings is 2. The standard InChI is InChI=1S/C24H31N5O6/c1-28(15-22(30)25-18-5-7-19(8-6-18)29-10-12-35-13-11-29)16-23(31)26-27-24(32)17-4-9-20(33-2)21(14-17)34-3/h4-9,14H,10-13,15-16H2,1-3H3,(H,25,30)(H,26,31)(H,27,32). The van der Waals surface area contributed by atoms with Crippen LogP contribution in [0.25, 0.3) is 0 Å². The Labute approximate surface area is 204 Å². The van der Waals surface area contributed by atoms with Gasteiger partial charge in [0.25, 0.3) is 11.8 Å². The molecular weight excluding hydrogens is 454 g/mol. The molecule has 2 aromatic carbocycles. The Kier molecular flexibility index (Phi) is 9.27. The summed E-state index contributed by atoms with van der Waals surface area (Å²) < 4.78 is 15.7. The largest absolute Gasteiger partial charge is 0.493 e. The number of morpholine rings is 1. The molecule has 0 unspecified atom stereocenters. The van der Waals surface area contributed by atoms with Gasteiger partial charge in [0.1, 0.15) is 0 Å². The van der Waals surface area contributed by atoms with E-state index < -0.39 is 11.8 Å². The van der Waals surface area contributed by atoms with E-state index in [1.54, 1.807) is 19.2 Å². The number of nitrogens with one attached hydrogen (secondary N) is 3. The molecule has 1 fully saturated rings. The van der Waals surface area contributed by atoms with Gasteiger partial charge in [-0.1, -0.05) is 0 Å². The van der Waals surface area contributed by atoms with E-state index in [0.717, 1.165) is 18.8 Å². The maximum absolute atomic E-state index is 12.4. The summed E-state index contributed by atoms with van der Waals surface area (Å²) in [5, 5.41) is 2.82. The minimum Gasteiger partial charge on any atom is -0.493 e. The van der Waals surface area contributed by atoms with Gasteiger partial charge in [-0.2, -0.15) is 0 Å². The molecule has 188 valence electrons. The predicted octanol–water partition coefficient (Wildman–Crippen LogP) is 0.872. The van der Waals surface area contributed by atoms with Crippen LogP contribution in [0.4, 0.5) is 11.4 Å². The number of hydrazine groups is 1. The van der Waals surface area contributed by atoms with Crippen LogP contribution < -0.4 is 30.5 Å². The molecule has 0 bridgehead atoms. The van der Waals surface area contributed by atoms with Crippen LogP contribution in [-0.2, 0) is 14.3 Å². The highest BCUT2D eigenvalue weighted by Gasteiger charge is 2.15. The number of carbonyl (C=O) groups excluding carboxylic acids is 3. The first-order chi connectivity index (χ1) is 16.9. The summed E-state index contributed by atoms with van der Waals surface area (Å²) in [7, 11) is 4.60. The van der Waals surface area contributed by atoms with Gasteiger partial charge >= 0.3 is 0 Å². The van der Waals surface area contributed by atoms with E-state index in [2.05, 4.69) is 21.1 Å². The second-order valence-electron chi connectivity index (χ2n) is 7.94. The molecule has 3 amide bonds. The van der Waals surface area contributed by atoms with Gasteiger partial charge in [0.05, 0.1) is 40.5 Å². The van der Waals surface area contributed by atoms with Crippen molar-refractivity contribution in [3.05, 3.63) is 48.0 Å². The lowest BCUT2D eigenvalue weighted by Crippen LogP contribution is -2.46. The number of likely N-dealkylation sites (N-methyl/N-ethyl adjacent to an activating group) is 1. The van der Waals surface area contributed by atoms with Crippen molar-refractivity contribution in [2.75, 3.05) is 70.9 Å². The van der Waals surface area contributed by atoms with E-state index >= 15 is 0 Å². The van der Waals surface area contributed by atoms with Crippen LogP contribution in [0.2, 0.25) is 0 Å². The molecule has 11 heteroatoms. The van der Waals surface area contributed by atoms with Gasteiger partial charge in [-0.3, -0.25) is 30.1 Å². The highest BCUT2D eigenvalue weighted by atomic mass is 16.5. The lowest BCUT2D eigenvalue weighted by atomic mass is 10.2. The molecule has 1 heterocycles. The van der Waals surface area contributed by atoms with E-state index in [9.17, 15) is 14.4 Å². The Hall–Kier alpha value is -3.83. The maximum Gasteiger partial charge on any atom is 0.269 e. The Bertz CT molecular complexity index is 1020. The topological polar surface area (TPSA) is 121 Å². The molecular formula is C24H31N5O6. The smallest absolute Gasteiger partial charge is 0.269 e. The van der Waals surface area contributed by atoms with Gasteiger partial charge in [-0.25, -0.2) is 0 Å². The average Bonchev–Trinajstić information content (AvgIpc) is 2.87. The molecule has 0 saturated carbocycles. The van der Waals surface area contributed by atoms with Gasteiger partial charge in [-0.05, 0) is 49.5 Å². The number of hydrogen-bond donors (Lipinski definition) is 3. The quantitative estimate of drug-likeness (QED) is 0.448. The second-order valence-corrected chi connectivity index (χ2v) is 7.94. The third kappa shape index (κ3) is 7.59. The van der Waals surface area contributed by atoms with Gasteiger partial charge < -0.3 is 24.4 Å². The highest BCUT2D eigenvalue weighted by molar-refractivity contribution is 5.96. The fraction of sp³-hybridized carbons (Fsp3) is 0.375. The van der Waals surface area contributed by atoms with Gasteiger partial charge in [0, 0.05) is 30.0 Å². The average molecular weight is 486 g/mol. The molecule has 11 nitrogen and oxygen atoms in total. The van der Waals surface area contributed by atoms with Crippen LogP contribution in [0.3, 0.4) is 0 Å². The Morgan fingerprint density at radius 2 is 1.57 bits per heavy atom. The molecule has 1 aliphatic heterocycles. The zero-order valence-corrected chi connectivity index (χ0v) is 20.1. The Morgan fingerprint density at radius 1 is 0.914 bits per heavy atom. The molecule has 0 aromatic heterocycles. The zero-order valence-electron chi connectivity index (χ0n) is 20.1. The molecule has 0 aliphatic carbocycles. The van der Waals surface area contributed by atoms with Crippen molar-refractivity contribution >= 4 is 29.1 Å². The molecule has 3 rings (SSSR count). The fourth-order valence-corrected chi connectivity index (χ4v) is 3.54. The molecule has 1 aliphatic rings. The lowest BCUT2D eigenvalue weighted by molar-refractivity contribution is -0.123. The monoisotopic (exact) mass is 485 g/mol. The number of nitrogens with zero attached hydrogens (tertiary/aromatic N) is 2. The molecule has 3 N–H and O–H groups in total. The lowest BCUT2D eigenvalue weighted by Gasteiger charge is -2.28. The number of ether oxygens (including phenoxy) is 3. The van der Waals surface area contributed by atoms with Crippen LogP contribution in [-0.4, -0.2) is 83.3 Å². The number of hydrogen-bond acceptors (Lipinski definition) is 8. The fourth-order valence-electron chi connectivity index (χ4n) is 3.54. The first kappa shape index (κ1) is 25.8. The summed E-state index contributed by atoms with van der Waals surface area (Å²) in [6.07, 6.45) is 0. The van der Waals surface area contributed by atoms with Gasteiger partial charge in [0.2, 0.25) is 5.91 Å². The number of carbonyl (C=O) groups is 3. The Balaban J connectivity index is 1.40. The van der Waals surface area contributed by atoms with E-state index in [1.807, 2.05) is 24.3 Å². The summed E-state index contributed by atoms with van der Waals surface area (Å²) in [5.74, 6) is -0.355. The van der Waals surface area contributed by atoms with E-state index in [4.69, 9.17) is 14.2 Å². The van der Waals surface area contributed by atoms with Crippen molar-refractivity contribution in [3.63, 3.8) is 0 Å². The molecule has 0 atom stereocenters. The van der Waals surface area contributed by atoms with E-state index in [1.165, 1.54) is 25.2 Å². The van der Waals surface area contributed by atoms with Gasteiger partial charge in [-0.15, -0.1) is 0 Å². The summed E-state index contributed by atoms with van der Waals surface area (Å²) in [6, 6.07) is 12.3. The SMILES string of the molecule is COc1ccc(C(=O)NNC(=O)CN(C)CC(=O)Nc2ccc(N3CCOCC3)cc2)cc1OC. The summed E-state index contributed by atoms with van der Waals surface area (Å²) in [4.78, 5) is 40.6. The number of methoxy groups -OCH3 is 2. The van der Waals surface area contributed by atoms with Crippen molar-refractivity contribution in [1.29, 1.82) is 0 Å². The minimum absolute atomic E-state index is 0.00224. The van der Waals surface area contributed by atoms with Crippen LogP contribution in [0, 0.1) is 0 Å². The van der Waals surface area contributed by atoms with Crippen LogP contribution in [0.1, 0.15) is 10.4 Å². The highest BCUT2D eigenvalue weighted by Crippen LogP contribution is 2.27. The molecule has 0 spiro atoms. The summed E-state index contributed by atoms with van der Waals surface area (Å²) in [6.45, 7) is 3.01. The summed E-state index contributed by atoms with van der Waals surface area (Å²) in [5.41, 5.74) is 6.72. The zero-order chi connectivity index (χ0) is 25.2. The number of anilines is 2. The maximum atomic E-state index is 12.4. The Morgan fingerprint density at radius 3 is 2.23 bits per heavy atom. The van der Waals surface area contributed by atoms with E-state index in [0.29, 0.717) is 30.4 Å². The normalized spacial score (nSPS) is 13.2. The number of amides is 3. The van der Waals surface area contributed by atoms with Crippen molar-refractivity contribution in [1.82, 2.24) is 15.8 Å². The third-order valence-electron chi connectivity index (χ3n) is 5.32.